The maximum atomic E-state index is 10.2. The molecule has 0 aromatic carbocycles. The predicted octanol–water partition coefficient (Wildman–Crippen LogP) is 3.57. The summed E-state index contributed by atoms with van der Waals surface area (Å²) < 4.78 is 5.61. The highest BCUT2D eigenvalue weighted by atomic mass is 16.5. The second-order valence-electron chi connectivity index (χ2n) is 4.79. The van der Waals surface area contributed by atoms with Gasteiger partial charge in [0, 0.05) is 6.61 Å². The van der Waals surface area contributed by atoms with Gasteiger partial charge in [-0.3, -0.25) is 0 Å². The SMILES string of the molecule is CC(C)(C)OCCCCCCCC[O]. The fraction of sp³-hybridized carbons (Fsp3) is 1.00. The highest BCUT2D eigenvalue weighted by Crippen LogP contribution is 2.10. The average molecular weight is 201 g/mol. The topological polar surface area (TPSA) is 29.1 Å². The maximum Gasteiger partial charge on any atom is 0.0822 e. The van der Waals surface area contributed by atoms with Gasteiger partial charge in [-0.2, -0.15) is 0 Å². The third kappa shape index (κ3) is 11.9. The number of unbranched alkanes of at least 4 members (excludes halogenated alkanes) is 5. The van der Waals surface area contributed by atoms with Gasteiger partial charge in [-0.25, -0.2) is 5.11 Å². The molecule has 0 heterocycles. The van der Waals surface area contributed by atoms with Gasteiger partial charge in [0.05, 0.1) is 12.2 Å². The zero-order valence-electron chi connectivity index (χ0n) is 9.97. The zero-order chi connectivity index (χ0) is 10.9. The van der Waals surface area contributed by atoms with E-state index in [1.807, 2.05) is 0 Å². The van der Waals surface area contributed by atoms with Gasteiger partial charge < -0.3 is 4.74 Å². The first-order valence-electron chi connectivity index (χ1n) is 5.78. The molecule has 0 saturated heterocycles. The minimum Gasteiger partial charge on any atom is -0.376 e. The van der Waals surface area contributed by atoms with Crippen LogP contribution in [0.2, 0.25) is 0 Å². The smallest absolute Gasteiger partial charge is 0.0822 e. The van der Waals surface area contributed by atoms with E-state index in [1.54, 1.807) is 0 Å². The van der Waals surface area contributed by atoms with E-state index in [9.17, 15) is 5.11 Å². The summed E-state index contributed by atoms with van der Waals surface area (Å²) in [5, 5.41) is 10.2. The Bertz CT molecular complexity index is 116. The van der Waals surface area contributed by atoms with E-state index in [1.165, 1.54) is 19.3 Å². The summed E-state index contributed by atoms with van der Waals surface area (Å²) in [7, 11) is 0. The first-order valence-corrected chi connectivity index (χ1v) is 5.78. The van der Waals surface area contributed by atoms with Crippen molar-refractivity contribution in [1.29, 1.82) is 0 Å². The first-order chi connectivity index (χ1) is 6.56. The summed E-state index contributed by atoms with van der Waals surface area (Å²) in [6, 6.07) is 0. The zero-order valence-corrected chi connectivity index (χ0v) is 9.97. The van der Waals surface area contributed by atoms with Crippen LogP contribution >= 0.6 is 0 Å². The van der Waals surface area contributed by atoms with Crippen molar-refractivity contribution in [3.05, 3.63) is 0 Å². The molecule has 1 radical (unpaired) electrons. The van der Waals surface area contributed by atoms with Crippen molar-refractivity contribution in [2.24, 2.45) is 0 Å². The number of rotatable bonds is 8. The van der Waals surface area contributed by atoms with Gasteiger partial charge in [-0.1, -0.05) is 25.7 Å². The average Bonchev–Trinajstić information content (AvgIpc) is 2.08. The molecule has 0 amide bonds. The Kier molecular flexibility index (Phi) is 8.20. The van der Waals surface area contributed by atoms with Gasteiger partial charge in [-0.15, -0.1) is 0 Å². The number of hydrogen-bond donors (Lipinski definition) is 0. The minimum absolute atomic E-state index is 0.00254. The molecule has 2 nitrogen and oxygen atoms in total. The van der Waals surface area contributed by atoms with Crippen LogP contribution in [0, 0.1) is 0 Å². The molecule has 0 rings (SSSR count). The summed E-state index contributed by atoms with van der Waals surface area (Å²) in [6.07, 6.45) is 6.77. The molecule has 0 aromatic rings. The summed E-state index contributed by atoms with van der Waals surface area (Å²) >= 11 is 0. The van der Waals surface area contributed by atoms with Crippen LogP contribution in [-0.4, -0.2) is 18.8 Å². The third-order valence-corrected chi connectivity index (χ3v) is 2.07. The van der Waals surface area contributed by atoms with Crippen LogP contribution in [0.15, 0.2) is 0 Å². The lowest BCUT2D eigenvalue weighted by Crippen LogP contribution is -2.19. The van der Waals surface area contributed by atoms with Gasteiger partial charge in [0.25, 0.3) is 0 Å². The van der Waals surface area contributed by atoms with Gasteiger partial charge in [-0.05, 0) is 33.6 Å². The van der Waals surface area contributed by atoms with Crippen molar-refractivity contribution in [3.63, 3.8) is 0 Å². The van der Waals surface area contributed by atoms with E-state index in [4.69, 9.17) is 4.74 Å². The second kappa shape index (κ2) is 8.25. The minimum atomic E-state index is 0.00254. The summed E-state index contributed by atoms with van der Waals surface area (Å²) in [6.45, 7) is 7.21. The van der Waals surface area contributed by atoms with E-state index in [2.05, 4.69) is 20.8 Å². The Labute approximate surface area is 88.7 Å². The molecule has 14 heavy (non-hydrogen) atoms. The highest BCUT2D eigenvalue weighted by Gasteiger charge is 2.08. The van der Waals surface area contributed by atoms with Crippen LogP contribution in [0.1, 0.15) is 59.3 Å². The number of ether oxygens (including phenoxy) is 1. The molecule has 0 saturated carbocycles. The van der Waals surface area contributed by atoms with Crippen molar-refractivity contribution < 1.29 is 9.84 Å². The Balaban J connectivity index is 2.99. The van der Waals surface area contributed by atoms with Crippen molar-refractivity contribution in [3.8, 4) is 0 Å². The molecule has 0 aliphatic rings. The molecule has 0 bridgehead atoms. The molecule has 2 heteroatoms. The third-order valence-electron chi connectivity index (χ3n) is 2.07. The molecule has 0 atom stereocenters. The molecule has 85 valence electrons. The van der Waals surface area contributed by atoms with E-state index < -0.39 is 0 Å². The Hall–Kier alpha value is -0.0800. The molecule has 0 spiro atoms. The fourth-order valence-electron chi connectivity index (χ4n) is 1.29. The lowest BCUT2D eigenvalue weighted by Gasteiger charge is -2.19. The lowest BCUT2D eigenvalue weighted by molar-refractivity contribution is -0.00476. The molecule has 0 aliphatic heterocycles. The van der Waals surface area contributed by atoms with E-state index >= 15 is 0 Å². The molecule has 0 aromatic heterocycles. The van der Waals surface area contributed by atoms with Crippen molar-refractivity contribution in [1.82, 2.24) is 0 Å². The van der Waals surface area contributed by atoms with Crippen molar-refractivity contribution >= 4 is 0 Å². The van der Waals surface area contributed by atoms with Crippen LogP contribution < -0.4 is 0 Å². The summed E-state index contributed by atoms with van der Waals surface area (Å²) in [4.78, 5) is 0. The first kappa shape index (κ1) is 13.9. The maximum absolute atomic E-state index is 10.2. The molecular formula is C12H25O2. The Morgan fingerprint density at radius 1 is 0.857 bits per heavy atom. The fourth-order valence-corrected chi connectivity index (χ4v) is 1.29. The van der Waals surface area contributed by atoms with Gasteiger partial charge in [0.15, 0.2) is 0 Å². The Morgan fingerprint density at radius 2 is 1.36 bits per heavy atom. The molecule has 0 fully saturated rings. The van der Waals surface area contributed by atoms with Crippen molar-refractivity contribution in [2.75, 3.05) is 13.2 Å². The Morgan fingerprint density at radius 3 is 1.86 bits per heavy atom. The standard InChI is InChI=1S/C12H25O2/c1-12(2,3)14-11-9-7-5-4-6-8-10-13/h4-11H2,1-3H3. The monoisotopic (exact) mass is 201 g/mol. The quantitative estimate of drug-likeness (QED) is 0.552. The van der Waals surface area contributed by atoms with Crippen LogP contribution in [0.3, 0.4) is 0 Å². The molecule has 0 aliphatic carbocycles. The molecular weight excluding hydrogens is 176 g/mol. The summed E-state index contributed by atoms with van der Waals surface area (Å²) in [5.74, 6) is 0. The second-order valence-corrected chi connectivity index (χ2v) is 4.79. The van der Waals surface area contributed by atoms with Gasteiger partial charge in [0.1, 0.15) is 0 Å². The van der Waals surface area contributed by atoms with Gasteiger partial charge >= 0.3 is 0 Å². The number of hydrogen-bond acceptors (Lipinski definition) is 1. The van der Waals surface area contributed by atoms with Crippen LogP contribution in [0.25, 0.3) is 0 Å². The molecule has 0 unspecified atom stereocenters. The lowest BCUT2D eigenvalue weighted by atomic mass is 10.1. The predicted molar refractivity (Wildman–Crippen MR) is 59.0 cm³/mol. The summed E-state index contributed by atoms with van der Waals surface area (Å²) in [5.41, 5.74) is 0.00254. The van der Waals surface area contributed by atoms with Crippen LogP contribution in [0.5, 0.6) is 0 Å². The normalized spacial score (nSPS) is 12.0. The van der Waals surface area contributed by atoms with Crippen molar-refractivity contribution in [2.45, 2.75) is 64.9 Å². The van der Waals surface area contributed by atoms with Crippen LogP contribution in [0.4, 0.5) is 0 Å². The van der Waals surface area contributed by atoms with Crippen LogP contribution in [-0.2, 0) is 9.84 Å². The van der Waals surface area contributed by atoms with E-state index in [0.717, 1.165) is 25.9 Å². The van der Waals surface area contributed by atoms with E-state index in [-0.39, 0.29) is 12.2 Å². The highest BCUT2D eigenvalue weighted by molar-refractivity contribution is 4.58. The van der Waals surface area contributed by atoms with Gasteiger partial charge in [0.2, 0.25) is 0 Å². The molecule has 0 N–H and O–H groups in total. The van der Waals surface area contributed by atoms with E-state index in [0.29, 0.717) is 0 Å². The largest absolute Gasteiger partial charge is 0.376 e.